The van der Waals surface area contributed by atoms with E-state index in [9.17, 15) is 9.59 Å². The normalized spacial score (nSPS) is 18.7. The summed E-state index contributed by atoms with van der Waals surface area (Å²) < 4.78 is 11.3. The minimum absolute atomic E-state index is 0.0388. The van der Waals surface area contributed by atoms with Gasteiger partial charge in [-0.1, -0.05) is 48.5 Å². The maximum Gasteiger partial charge on any atom is 0.410 e. The van der Waals surface area contributed by atoms with Gasteiger partial charge < -0.3 is 9.47 Å². The van der Waals surface area contributed by atoms with Crippen LogP contribution in [0.2, 0.25) is 0 Å². The molecule has 0 aliphatic carbocycles. The zero-order valence-corrected chi connectivity index (χ0v) is 29.0. The highest BCUT2D eigenvalue weighted by atomic mass is 32.1. The molecule has 2 saturated heterocycles. The number of likely N-dealkylation sites (tertiary alicyclic amines) is 2. The van der Waals surface area contributed by atoms with E-state index in [-0.39, 0.29) is 24.3 Å². The standard InChI is InChI=1S/C36H42N4O4S2/c1-35(2,3)43-33(41)39-19-7-9-27(39)31-37-21-29(45-31)25-15-11-23(12-16-25)24-13-17-26(18-14-24)30-22-38-32(46-30)28-10-8-20-40(28)34(42)44-36(4,5)6/h11-18,21-22,27-28H,7-10,19-20H2,1-6H3/t27-,28-/m1/s1. The average molecular weight is 659 g/mol. The summed E-state index contributed by atoms with van der Waals surface area (Å²) in [6.07, 6.45) is 6.99. The second kappa shape index (κ2) is 12.8. The van der Waals surface area contributed by atoms with E-state index in [2.05, 4.69) is 48.5 Å². The summed E-state index contributed by atoms with van der Waals surface area (Å²) in [6, 6.07) is 17.0. The number of ether oxygens (including phenoxy) is 2. The molecule has 2 fully saturated rings. The van der Waals surface area contributed by atoms with Gasteiger partial charge in [-0.05, 0) is 89.5 Å². The molecule has 2 aromatic carbocycles. The van der Waals surface area contributed by atoms with Crippen molar-refractivity contribution in [3.63, 3.8) is 0 Å². The Labute approximate surface area is 279 Å². The average Bonchev–Trinajstić information content (AvgIpc) is 3.82. The first-order valence-corrected chi connectivity index (χ1v) is 17.6. The van der Waals surface area contributed by atoms with Gasteiger partial charge in [-0.15, -0.1) is 22.7 Å². The highest BCUT2D eigenvalue weighted by Crippen LogP contribution is 2.40. The van der Waals surface area contributed by atoms with Crippen LogP contribution in [0.4, 0.5) is 9.59 Å². The minimum atomic E-state index is -0.521. The lowest BCUT2D eigenvalue weighted by molar-refractivity contribution is 0.0213. The molecular weight excluding hydrogens is 617 g/mol. The number of nitrogens with zero attached hydrogens (tertiary/aromatic N) is 4. The van der Waals surface area contributed by atoms with Crippen LogP contribution in [-0.2, 0) is 9.47 Å². The molecular formula is C36H42N4O4S2. The Hall–Kier alpha value is -3.76. The van der Waals surface area contributed by atoms with Crippen LogP contribution in [0.3, 0.4) is 0 Å². The highest BCUT2D eigenvalue weighted by Gasteiger charge is 2.36. The van der Waals surface area contributed by atoms with Crippen molar-refractivity contribution >= 4 is 34.9 Å². The third-order valence-electron chi connectivity index (χ3n) is 8.05. The van der Waals surface area contributed by atoms with Gasteiger partial charge in [0.05, 0.1) is 21.8 Å². The van der Waals surface area contributed by atoms with Crippen molar-refractivity contribution in [2.45, 2.75) is 90.5 Å². The van der Waals surface area contributed by atoms with Gasteiger partial charge in [-0.3, -0.25) is 9.80 Å². The zero-order valence-electron chi connectivity index (χ0n) is 27.4. The van der Waals surface area contributed by atoms with Crippen LogP contribution in [0.25, 0.3) is 32.0 Å². The highest BCUT2D eigenvalue weighted by molar-refractivity contribution is 7.15. The molecule has 0 saturated carbocycles. The Morgan fingerprint density at radius 2 is 0.978 bits per heavy atom. The van der Waals surface area contributed by atoms with E-state index < -0.39 is 11.2 Å². The molecule has 242 valence electrons. The number of hydrogen-bond donors (Lipinski definition) is 0. The molecule has 2 aromatic heterocycles. The van der Waals surface area contributed by atoms with Crippen molar-refractivity contribution in [3.05, 3.63) is 70.9 Å². The van der Waals surface area contributed by atoms with Crippen LogP contribution in [0, 0.1) is 0 Å². The van der Waals surface area contributed by atoms with E-state index >= 15 is 0 Å². The Morgan fingerprint density at radius 3 is 1.33 bits per heavy atom. The maximum atomic E-state index is 12.8. The predicted molar refractivity (Wildman–Crippen MR) is 184 cm³/mol. The SMILES string of the molecule is CC(C)(C)OC(=O)N1CCC[C@@H]1c1ncc(-c2ccc(-c3ccc(-c4cnc([C@H]5CCCN5C(=O)OC(C)(C)C)s4)cc3)cc2)s1. The fourth-order valence-electron chi connectivity index (χ4n) is 5.93. The summed E-state index contributed by atoms with van der Waals surface area (Å²) >= 11 is 3.29. The molecule has 0 bridgehead atoms. The Bertz CT molecular complexity index is 1560. The lowest BCUT2D eigenvalue weighted by Gasteiger charge is -2.27. The van der Waals surface area contributed by atoms with Crippen molar-refractivity contribution in [3.8, 4) is 32.0 Å². The van der Waals surface area contributed by atoms with E-state index in [1.807, 2.05) is 63.7 Å². The van der Waals surface area contributed by atoms with E-state index in [1.165, 1.54) is 0 Å². The monoisotopic (exact) mass is 658 g/mol. The summed E-state index contributed by atoms with van der Waals surface area (Å²) in [7, 11) is 0. The summed E-state index contributed by atoms with van der Waals surface area (Å²) in [5.74, 6) is 0. The van der Waals surface area contributed by atoms with Crippen LogP contribution in [0.5, 0.6) is 0 Å². The first kappa shape index (κ1) is 32.2. The number of hydrogen-bond acceptors (Lipinski definition) is 8. The zero-order chi connectivity index (χ0) is 32.6. The molecule has 2 atom stereocenters. The number of thiazole rings is 2. The molecule has 2 amide bonds. The number of aromatic nitrogens is 2. The summed E-state index contributed by atoms with van der Waals surface area (Å²) in [5.41, 5.74) is 3.44. The number of carbonyl (C=O) groups is 2. The first-order chi connectivity index (χ1) is 21.8. The van der Waals surface area contributed by atoms with Crippen LogP contribution in [0.15, 0.2) is 60.9 Å². The van der Waals surface area contributed by atoms with Gasteiger partial charge in [0, 0.05) is 25.5 Å². The van der Waals surface area contributed by atoms with Gasteiger partial charge in [-0.25, -0.2) is 19.6 Å². The van der Waals surface area contributed by atoms with Gasteiger partial charge in [0.25, 0.3) is 0 Å². The Balaban J connectivity index is 1.11. The second-order valence-electron chi connectivity index (χ2n) is 13.9. The fraction of sp³-hybridized carbons (Fsp3) is 0.444. The lowest BCUT2D eigenvalue weighted by atomic mass is 10.0. The Kier molecular flexibility index (Phi) is 8.95. The maximum absolute atomic E-state index is 12.8. The summed E-state index contributed by atoms with van der Waals surface area (Å²) in [6.45, 7) is 12.8. The molecule has 46 heavy (non-hydrogen) atoms. The Morgan fingerprint density at radius 1 is 0.630 bits per heavy atom. The number of benzene rings is 2. The van der Waals surface area contributed by atoms with Crippen molar-refractivity contribution in [2.24, 2.45) is 0 Å². The molecule has 0 radical (unpaired) electrons. The van der Waals surface area contributed by atoms with Crippen molar-refractivity contribution in [2.75, 3.05) is 13.1 Å². The van der Waals surface area contributed by atoms with E-state index in [4.69, 9.17) is 19.4 Å². The first-order valence-electron chi connectivity index (χ1n) is 16.0. The van der Waals surface area contributed by atoms with Gasteiger partial charge in [0.2, 0.25) is 0 Å². The number of rotatable bonds is 5. The smallest absolute Gasteiger partial charge is 0.410 e. The minimum Gasteiger partial charge on any atom is -0.444 e. The fourth-order valence-corrected chi connectivity index (χ4v) is 8.07. The second-order valence-corrected chi connectivity index (χ2v) is 16.1. The third kappa shape index (κ3) is 7.28. The van der Waals surface area contributed by atoms with Crippen LogP contribution in [0.1, 0.15) is 89.3 Å². The quantitative estimate of drug-likeness (QED) is 0.212. The van der Waals surface area contributed by atoms with Gasteiger partial charge in [0.1, 0.15) is 21.2 Å². The molecule has 10 heteroatoms. The molecule has 0 spiro atoms. The molecule has 6 rings (SSSR count). The van der Waals surface area contributed by atoms with Crippen LogP contribution < -0.4 is 0 Å². The molecule has 4 aromatic rings. The molecule has 0 unspecified atom stereocenters. The molecule has 4 heterocycles. The lowest BCUT2D eigenvalue weighted by Crippen LogP contribution is -2.36. The van der Waals surface area contributed by atoms with E-state index in [1.54, 1.807) is 22.7 Å². The van der Waals surface area contributed by atoms with Crippen molar-refractivity contribution in [1.82, 2.24) is 19.8 Å². The molecule has 2 aliphatic rings. The van der Waals surface area contributed by atoms with Gasteiger partial charge >= 0.3 is 12.2 Å². The number of amides is 2. The van der Waals surface area contributed by atoms with Crippen molar-refractivity contribution in [1.29, 1.82) is 0 Å². The topological polar surface area (TPSA) is 84.9 Å². The van der Waals surface area contributed by atoms with Crippen LogP contribution in [-0.4, -0.2) is 56.2 Å². The van der Waals surface area contributed by atoms with E-state index in [0.717, 1.165) is 67.7 Å². The predicted octanol–water partition coefficient (Wildman–Crippen LogP) is 9.74. The van der Waals surface area contributed by atoms with Gasteiger partial charge in [-0.2, -0.15) is 0 Å². The third-order valence-corrected chi connectivity index (χ3v) is 10.3. The summed E-state index contributed by atoms with van der Waals surface area (Å²) in [5, 5.41) is 1.91. The van der Waals surface area contributed by atoms with Crippen molar-refractivity contribution < 1.29 is 19.1 Å². The summed E-state index contributed by atoms with van der Waals surface area (Å²) in [4.78, 5) is 40.8. The largest absolute Gasteiger partial charge is 0.444 e. The molecule has 2 aliphatic heterocycles. The van der Waals surface area contributed by atoms with Gasteiger partial charge in [0.15, 0.2) is 0 Å². The molecule has 0 N–H and O–H groups in total. The van der Waals surface area contributed by atoms with Crippen LogP contribution >= 0.6 is 22.7 Å². The number of carbonyl (C=O) groups excluding carboxylic acids is 2. The molecule has 8 nitrogen and oxygen atoms in total. The van der Waals surface area contributed by atoms with E-state index in [0.29, 0.717) is 13.1 Å².